The van der Waals surface area contributed by atoms with Crippen molar-refractivity contribution in [3.8, 4) is 0 Å². The summed E-state index contributed by atoms with van der Waals surface area (Å²) in [6.07, 6.45) is -1.04. The van der Waals surface area contributed by atoms with Crippen LogP contribution in [0.1, 0.15) is 57.7 Å². The van der Waals surface area contributed by atoms with Crippen LogP contribution in [0.15, 0.2) is 30.5 Å². The normalized spacial score (nSPS) is 22.1. The Morgan fingerprint density at radius 3 is 2.48 bits per heavy atom. The lowest BCUT2D eigenvalue weighted by molar-refractivity contribution is -0.182. The van der Waals surface area contributed by atoms with E-state index >= 15 is 0 Å². The van der Waals surface area contributed by atoms with Crippen molar-refractivity contribution in [2.24, 2.45) is 24.8 Å². The molecule has 1 aliphatic heterocycles. The number of aryl methyl sites for hydroxylation is 1. The van der Waals surface area contributed by atoms with E-state index in [4.69, 9.17) is 33.9 Å². The van der Waals surface area contributed by atoms with Gasteiger partial charge >= 0.3 is 6.18 Å². The van der Waals surface area contributed by atoms with Gasteiger partial charge in [-0.1, -0.05) is 40.6 Å². The van der Waals surface area contributed by atoms with Gasteiger partial charge in [-0.3, -0.25) is 9.59 Å². The SMILES string of the molecule is Cn1c(Nc2c(Cl)ccc(CNC(=O)c3cnc(N)s3)c2Cl)nc2cc(C(=O)N[C@H]3CC[C@H](C(F)(F)F)CC3)c(N3CC4CC4C3)cc21. The first kappa shape index (κ1) is 32.8. The molecular formula is C32H33Cl2F3N8O2S. The number of hydrogen-bond acceptors (Lipinski definition) is 8. The average Bonchev–Trinajstić information content (AvgIpc) is 3.32. The lowest BCUT2D eigenvalue weighted by atomic mass is 9.85. The quantitative estimate of drug-likeness (QED) is 0.156. The van der Waals surface area contributed by atoms with Gasteiger partial charge in [-0.15, -0.1) is 0 Å². The van der Waals surface area contributed by atoms with E-state index in [0.29, 0.717) is 60.2 Å². The van der Waals surface area contributed by atoms with Crippen molar-refractivity contribution in [2.45, 2.75) is 50.9 Å². The molecule has 16 heteroatoms. The predicted molar refractivity (Wildman–Crippen MR) is 181 cm³/mol. The van der Waals surface area contributed by atoms with Crippen molar-refractivity contribution >= 4 is 79.8 Å². The fourth-order valence-electron chi connectivity index (χ4n) is 6.82. The highest BCUT2D eigenvalue weighted by atomic mass is 35.5. The third kappa shape index (κ3) is 6.49. The van der Waals surface area contributed by atoms with E-state index in [1.54, 1.807) is 18.2 Å². The van der Waals surface area contributed by atoms with Gasteiger partial charge in [0.25, 0.3) is 11.8 Å². The van der Waals surface area contributed by atoms with Gasteiger partial charge in [-0.2, -0.15) is 13.2 Å². The number of nitrogen functional groups attached to an aromatic ring is 1. The number of alkyl halides is 3. The Kier molecular flexibility index (Phi) is 8.61. The van der Waals surface area contributed by atoms with Crippen LogP contribution in [-0.4, -0.2) is 51.7 Å². The summed E-state index contributed by atoms with van der Waals surface area (Å²) >= 11 is 14.4. The highest BCUT2D eigenvalue weighted by molar-refractivity contribution is 7.17. The zero-order chi connectivity index (χ0) is 33.9. The number of fused-ring (bicyclic) bond motifs is 2. The lowest BCUT2D eigenvalue weighted by Crippen LogP contribution is -2.40. The number of aromatic nitrogens is 3. The molecule has 7 rings (SSSR count). The number of imidazole rings is 1. The van der Waals surface area contributed by atoms with E-state index in [1.807, 2.05) is 17.7 Å². The molecule has 2 aliphatic carbocycles. The number of halogens is 5. The number of carbonyl (C=O) groups is 2. The Hall–Kier alpha value is -3.75. The number of hydrogen-bond donors (Lipinski definition) is 4. The molecule has 0 bridgehead atoms. The Bertz CT molecular complexity index is 1900. The summed E-state index contributed by atoms with van der Waals surface area (Å²) < 4.78 is 41.5. The van der Waals surface area contributed by atoms with E-state index in [0.717, 1.165) is 35.6 Å². The zero-order valence-corrected chi connectivity index (χ0v) is 28.2. The van der Waals surface area contributed by atoms with Crippen molar-refractivity contribution in [3.63, 3.8) is 0 Å². The molecule has 2 aromatic carbocycles. The standard InChI is InChI=1S/C32H33Cl2F3N8O2S/c1-44-24-10-23(45-13-16-8-17(16)14-45)20(28(46)41-19-5-3-18(4-6-19)32(35,36)37)9-22(24)42-31(44)43-27-21(33)7-2-15(26(27)34)11-39-29(47)25-12-40-30(38)48-25/h2,7,9-10,12,16-19H,3-6,8,11,13-14H2,1H3,(H2,38,40)(H,39,47)(H,41,46)(H,42,43)/t16?,17?,18-,19-. The van der Waals surface area contributed by atoms with Gasteiger partial charge < -0.3 is 31.2 Å². The van der Waals surface area contributed by atoms with Gasteiger partial charge in [0.1, 0.15) is 4.88 Å². The first-order valence-corrected chi connectivity index (χ1v) is 17.3. The van der Waals surface area contributed by atoms with Gasteiger partial charge in [0, 0.05) is 32.7 Å². The maximum Gasteiger partial charge on any atom is 0.391 e. The molecule has 3 fully saturated rings. The molecular weight excluding hydrogens is 688 g/mol. The van der Waals surface area contributed by atoms with Crippen molar-refractivity contribution in [2.75, 3.05) is 29.0 Å². The van der Waals surface area contributed by atoms with E-state index in [1.165, 1.54) is 12.6 Å². The maximum absolute atomic E-state index is 13.7. The number of anilines is 4. The summed E-state index contributed by atoms with van der Waals surface area (Å²) in [5.74, 6) is -0.323. The van der Waals surface area contributed by atoms with Crippen LogP contribution < -0.4 is 26.6 Å². The van der Waals surface area contributed by atoms with E-state index in [-0.39, 0.29) is 50.1 Å². The topological polar surface area (TPSA) is 130 Å². The molecule has 3 aliphatic rings. The monoisotopic (exact) mass is 720 g/mol. The van der Waals surface area contributed by atoms with Crippen LogP contribution in [0.2, 0.25) is 10.0 Å². The summed E-state index contributed by atoms with van der Waals surface area (Å²) in [6, 6.07) is 6.77. The third-order valence-corrected chi connectivity index (χ3v) is 11.3. The largest absolute Gasteiger partial charge is 0.391 e. The van der Waals surface area contributed by atoms with E-state index < -0.39 is 12.1 Å². The van der Waals surface area contributed by atoms with Crippen LogP contribution >= 0.6 is 34.5 Å². The summed E-state index contributed by atoms with van der Waals surface area (Å²) in [6.45, 7) is 1.82. The Balaban J connectivity index is 1.14. The van der Waals surface area contributed by atoms with Crippen LogP contribution in [0.3, 0.4) is 0 Å². The minimum atomic E-state index is -4.21. The van der Waals surface area contributed by atoms with Gasteiger partial charge in [-0.25, -0.2) is 9.97 Å². The van der Waals surface area contributed by atoms with Crippen LogP contribution in [0.5, 0.6) is 0 Å². The van der Waals surface area contributed by atoms with Gasteiger partial charge in [-0.05, 0) is 67.7 Å². The molecule has 3 heterocycles. The molecule has 254 valence electrons. The number of nitrogens with two attached hydrogens (primary N) is 1. The number of nitrogens with zero attached hydrogens (tertiary/aromatic N) is 4. The minimum absolute atomic E-state index is 0.00498. The van der Waals surface area contributed by atoms with Gasteiger partial charge in [0.05, 0.1) is 50.1 Å². The fourth-order valence-corrected chi connectivity index (χ4v) is 7.95. The van der Waals surface area contributed by atoms with Crippen molar-refractivity contribution in [1.29, 1.82) is 0 Å². The number of carbonyl (C=O) groups excluding carboxylic acids is 2. The number of rotatable bonds is 8. The summed E-state index contributed by atoms with van der Waals surface area (Å²) in [4.78, 5) is 37.6. The molecule has 2 atom stereocenters. The first-order valence-electron chi connectivity index (χ1n) is 15.7. The van der Waals surface area contributed by atoms with Crippen molar-refractivity contribution in [1.82, 2.24) is 25.2 Å². The van der Waals surface area contributed by atoms with Crippen LogP contribution in [-0.2, 0) is 13.6 Å². The Morgan fingerprint density at radius 1 is 1.08 bits per heavy atom. The highest BCUT2D eigenvalue weighted by Crippen LogP contribution is 2.47. The van der Waals surface area contributed by atoms with Crippen molar-refractivity contribution < 1.29 is 22.8 Å². The second-order valence-electron chi connectivity index (χ2n) is 12.8. The number of amides is 2. The molecule has 4 aromatic rings. The predicted octanol–water partition coefficient (Wildman–Crippen LogP) is 6.90. The van der Waals surface area contributed by atoms with Crippen LogP contribution in [0, 0.1) is 17.8 Å². The number of nitrogens with one attached hydrogen (secondary N) is 3. The molecule has 2 amide bonds. The second-order valence-corrected chi connectivity index (χ2v) is 14.7. The first-order chi connectivity index (χ1) is 22.9. The van der Waals surface area contributed by atoms with Crippen LogP contribution in [0.4, 0.5) is 35.6 Å². The fraction of sp³-hybridized carbons (Fsp3) is 0.438. The maximum atomic E-state index is 13.7. The van der Waals surface area contributed by atoms with Gasteiger partial charge in [0.15, 0.2) is 5.13 Å². The van der Waals surface area contributed by atoms with E-state index in [9.17, 15) is 22.8 Å². The van der Waals surface area contributed by atoms with E-state index in [2.05, 4.69) is 25.8 Å². The highest BCUT2D eigenvalue weighted by Gasteiger charge is 2.46. The molecule has 2 aromatic heterocycles. The zero-order valence-electron chi connectivity index (χ0n) is 25.8. The molecule has 1 saturated heterocycles. The van der Waals surface area contributed by atoms with Gasteiger partial charge in [0.2, 0.25) is 5.95 Å². The lowest BCUT2D eigenvalue weighted by Gasteiger charge is -2.31. The molecule has 48 heavy (non-hydrogen) atoms. The van der Waals surface area contributed by atoms with Crippen LogP contribution in [0.25, 0.3) is 11.0 Å². The Morgan fingerprint density at radius 2 is 1.81 bits per heavy atom. The molecule has 10 nitrogen and oxygen atoms in total. The average molecular weight is 722 g/mol. The summed E-state index contributed by atoms with van der Waals surface area (Å²) in [7, 11) is 1.84. The third-order valence-electron chi connectivity index (χ3n) is 9.68. The Labute approximate surface area is 288 Å². The molecule has 2 unspecified atom stereocenters. The minimum Gasteiger partial charge on any atom is -0.375 e. The second kappa shape index (κ2) is 12.6. The molecule has 2 saturated carbocycles. The molecule has 5 N–H and O–H groups in total. The number of thiazole rings is 1. The number of benzene rings is 2. The number of piperidine rings is 1. The summed E-state index contributed by atoms with van der Waals surface area (Å²) in [5.41, 5.74) is 9.22. The smallest absolute Gasteiger partial charge is 0.375 e. The molecule has 0 spiro atoms. The molecule has 0 radical (unpaired) electrons. The summed E-state index contributed by atoms with van der Waals surface area (Å²) in [5, 5.41) is 10.0. The van der Waals surface area contributed by atoms with Crippen molar-refractivity contribution in [3.05, 3.63) is 56.5 Å².